The summed E-state index contributed by atoms with van der Waals surface area (Å²) in [4.78, 5) is 37.2. The Labute approximate surface area is 121 Å². The highest BCUT2D eigenvalue weighted by molar-refractivity contribution is 6.05. The van der Waals surface area contributed by atoms with Crippen LogP contribution in [-0.2, 0) is 16.1 Å². The average Bonchev–Trinajstić information content (AvgIpc) is 3.13. The fourth-order valence-electron chi connectivity index (χ4n) is 3.31. The Balaban J connectivity index is 1.74. The van der Waals surface area contributed by atoms with Gasteiger partial charge < -0.3 is 4.42 Å². The van der Waals surface area contributed by atoms with E-state index in [2.05, 4.69) is 6.92 Å². The lowest BCUT2D eigenvalue weighted by Gasteiger charge is -2.15. The van der Waals surface area contributed by atoms with Crippen LogP contribution in [0.25, 0.3) is 0 Å². The van der Waals surface area contributed by atoms with Gasteiger partial charge in [-0.2, -0.15) is 0 Å². The Morgan fingerprint density at radius 1 is 1.33 bits per heavy atom. The quantitative estimate of drug-likeness (QED) is 0.363. The molecule has 2 fully saturated rings. The van der Waals surface area contributed by atoms with Crippen LogP contribution in [0.15, 0.2) is 16.5 Å². The third-order valence-corrected chi connectivity index (χ3v) is 4.30. The van der Waals surface area contributed by atoms with Crippen molar-refractivity contribution in [2.24, 2.45) is 23.6 Å². The molecule has 1 saturated heterocycles. The van der Waals surface area contributed by atoms with Gasteiger partial charge in [-0.1, -0.05) is 6.92 Å². The minimum absolute atomic E-state index is 0.0559. The Bertz CT molecular complexity index is 585. The summed E-state index contributed by atoms with van der Waals surface area (Å²) in [7, 11) is 0. The van der Waals surface area contributed by atoms with Crippen molar-refractivity contribution >= 4 is 17.7 Å². The fourth-order valence-corrected chi connectivity index (χ4v) is 3.31. The average molecular weight is 291 g/mol. The highest BCUT2D eigenvalue weighted by Gasteiger charge is 2.51. The summed E-state index contributed by atoms with van der Waals surface area (Å²) in [5.74, 6) is 4.70. The number of rotatable bonds is 3. The molecule has 3 amide bonds. The number of hydrazine groups is 1. The number of hydrogen-bond donors (Lipinski definition) is 2. The van der Waals surface area contributed by atoms with E-state index in [-0.39, 0.29) is 36.0 Å². The number of carbonyl (C=O) groups excluding carboxylic acids is 3. The largest absolute Gasteiger partial charge is 0.454 e. The van der Waals surface area contributed by atoms with Crippen molar-refractivity contribution in [1.29, 1.82) is 0 Å². The molecule has 21 heavy (non-hydrogen) atoms. The zero-order chi connectivity index (χ0) is 15.1. The number of furan rings is 1. The number of likely N-dealkylation sites (tertiary alicyclic amines) is 1. The van der Waals surface area contributed by atoms with E-state index in [0.717, 1.165) is 12.8 Å². The Hall–Kier alpha value is -2.15. The second-order valence-corrected chi connectivity index (χ2v) is 5.79. The topological polar surface area (TPSA) is 106 Å². The van der Waals surface area contributed by atoms with E-state index < -0.39 is 5.91 Å². The maximum Gasteiger partial charge on any atom is 0.300 e. The molecule has 1 aromatic rings. The number of amides is 3. The van der Waals surface area contributed by atoms with Crippen LogP contribution in [0.5, 0.6) is 0 Å². The maximum absolute atomic E-state index is 12.3. The number of nitrogens with one attached hydrogen (secondary N) is 1. The molecular weight excluding hydrogens is 274 g/mol. The van der Waals surface area contributed by atoms with Crippen LogP contribution < -0.4 is 11.3 Å². The van der Waals surface area contributed by atoms with E-state index in [0.29, 0.717) is 11.7 Å². The van der Waals surface area contributed by atoms with Crippen molar-refractivity contribution in [2.75, 3.05) is 0 Å². The SMILES string of the molecule is CC1CC2C(=O)N(Cc3ccc(C(=O)NN)o3)C(=O)C2C1. The van der Waals surface area contributed by atoms with Gasteiger partial charge in [-0.3, -0.25) is 24.7 Å². The lowest BCUT2D eigenvalue weighted by Crippen LogP contribution is -2.31. The molecule has 2 atom stereocenters. The van der Waals surface area contributed by atoms with Gasteiger partial charge in [-0.25, -0.2) is 5.84 Å². The third kappa shape index (κ3) is 2.23. The summed E-state index contributed by atoms with van der Waals surface area (Å²) >= 11 is 0. The number of carbonyl (C=O) groups is 3. The maximum atomic E-state index is 12.3. The number of nitrogen functional groups attached to an aromatic ring is 1. The van der Waals surface area contributed by atoms with E-state index in [1.54, 1.807) is 6.07 Å². The standard InChI is InChI=1S/C14H17N3O4/c1-7-4-9-10(5-7)14(20)17(13(9)19)6-8-2-3-11(21-8)12(18)16-15/h2-3,7,9-10H,4-6,15H2,1H3,(H,16,18). The van der Waals surface area contributed by atoms with Crippen molar-refractivity contribution in [3.8, 4) is 0 Å². The Morgan fingerprint density at radius 3 is 2.52 bits per heavy atom. The third-order valence-electron chi connectivity index (χ3n) is 4.30. The molecular formula is C14H17N3O4. The molecule has 2 unspecified atom stereocenters. The van der Waals surface area contributed by atoms with Crippen molar-refractivity contribution in [2.45, 2.75) is 26.3 Å². The summed E-state index contributed by atoms with van der Waals surface area (Å²) in [5, 5.41) is 0. The highest BCUT2D eigenvalue weighted by Crippen LogP contribution is 2.43. The predicted octanol–water partition coefficient (Wildman–Crippen LogP) is 0.414. The van der Waals surface area contributed by atoms with Crippen LogP contribution in [-0.4, -0.2) is 22.6 Å². The minimum atomic E-state index is -0.550. The number of hydrogen-bond acceptors (Lipinski definition) is 5. The van der Waals surface area contributed by atoms with Crippen LogP contribution in [0.2, 0.25) is 0 Å². The zero-order valence-electron chi connectivity index (χ0n) is 11.7. The van der Waals surface area contributed by atoms with Gasteiger partial charge >= 0.3 is 5.91 Å². The molecule has 1 aliphatic heterocycles. The van der Waals surface area contributed by atoms with Gasteiger partial charge in [0.15, 0.2) is 5.76 Å². The van der Waals surface area contributed by atoms with Crippen molar-refractivity contribution in [3.05, 3.63) is 23.7 Å². The van der Waals surface area contributed by atoms with Gasteiger partial charge in [0.25, 0.3) is 0 Å². The normalized spacial score (nSPS) is 28.1. The monoisotopic (exact) mass is 291 g/mol. The predicted molar refractivity (Wildman–Crippen MR) is 71.3 cm³/mol. The van der Waals surface area contributed by atoms with E-state index in [9.17, 15) is 14.4 Å². The van der Waals surface area contributed by atoms with Gasteiger partial charge in [0.1, 0.15) is 5.76 Å². The first-order valence-electron chi connectivity index (χ1n) is 6.96. The smallest absolute Gasteiger partial charge is 0.300 e. The van der Waals surface area contributed by atoms with Gasteiger partial charge in [0, 0.05) is 0 Å². The lowest BCUT2D eigenvalue weighted by molar-refractivity contribution is -0.141. The van der Waals surface area contributed by atoms with Crippen molar-refractivity contribution < 1.29 is 18.8 Å². The molecule has 3 N–H and O–H groups in total. The van der Waals surface area contributed by atoms with Gasteiger partial charge in [-0.15, -0.1) is 0 Å². The van der Waals surface area contributed by atoms with Crippen LogP contribution in [0.3, 0.4) is 0 Å². The van der Waals surface area contributed by atoms with E-state index >= 15 is 0 Å². The fraction of sp³-hybridized carbons (Fsp3) is 0.500. The van der Waals surface area contributed by atoms with Crippen LogP contribution in [0.4, 0.5) is 0 Å². The number of nitrogens with zero attached hydrogens (tertiary/aromatic N) is 1. The molecule has 2 aliphatic rings. The van der Waals surface area contributed by atoms with Crippen LogP contribution in [0, 0.1) is 17.8 Å². The van der Waals surface area contributed by atoms with Gasteiger partial charge in [0.2, 0.25) is 11.8 Å². The second-order valence-electron chi connectivity index (χ2n) is 5.79. The number of nitrogens with two attached hydrogens (primary N) is 1. The summed E-state index contributed by atoms with van der Waals surface area (Å²) < 4.78 is 5.30. The summed E-state index contributed by atoms with van der Waals surface area (Å²) in [5.41, 5.74) is 1.96. The highest BCUT2D eigenvalue weighted by atomic mass is 16.4. The molecule has 7 heteroatoms. The van der Waals surface area contributed by atoms with E-state index in [1.807, 2.05) is 5.43 Å². The van der Waals surface area contributed by atoms with Crippen molar-refractivity contribution in [1.82, 2.24) is 10.3 Å². The first-order valence-corrected chi connectivity index (χ1v) is 6.96. The summed E-state index contributed by atoms with van der Waals surface area (Å²) in [6.45, 7) is 2.13. The number of imide groups is 1. The number of fused-ring (bicyclic) bond motifs is 1. The molecule has 1 aromatic heterocycles. The Morgan fingerprint density at radius 2 is 1.95 bits per heavy atom. The molecule has 0 bridgehead atoms. The Kier molecular flexibility index (Phi) is 3.29. The molecule has 7 nitrogen and oxygen atoms in total. The summed E-state index contributed by atoms with van der Waals surface area (Å²) in [6.07, 6.45) is 1.54. The minimum Gasteiger partial charge on any atom is -0.454 e. The molecule has 0 aromatic carbocycles. The van der Waals surface area contributed by atoms with Gasteiger partial charge in [0.05, 0.1) is 18.4 Å². The second kappa shape index (κ2) is 5.00. The molecule has 112 valence electrons. The first kappa shape index (κ1) is 13.8. The van der Waals surface area contributed by atoms with Crippen molar-refractivity contribution in [3.63, 3.8) is 0 Å². The summed E-state index contributed by atoms with van der Waals surface area (Å²) in [6, 6.07) is 3.04. The molecule has 3 rings (SSSR count). The zero-order valence-corrected chi connectivity index (χ0v) is 11.7. The van der Waals surface area contributed by atoms with Crippen LogP contribution >= 0.6 is 0 Å². The molecule has 2 heterocycles. The van der Waals surface area contributed by atoms with Gasteiger partial charge in [-0.05, 0) is 30.9 Å². The lowest BCUT2D eigenvalue weighted by atomic mass is 10.00. The molecule has 0 radical (unpaired) electrons. The molecule has 0 spiro atoms. The molecule has 1 aliphatic carbocycles. The van der Waals surface area contributed by atoms with Crippen LogP contribution in [0.1, 0.15) is 36.1 Å². The van der Waals surface area contributed by atoms with E-state index in [1.165, 1.54) is 11.0 Å². The van der Waals surface area contributed by atoms with E-state index in [4.69, 9.17) is 10.3 Å². The first-order chi connectivity index (χ1) is 10.0. The molecule has 1 saturated carbocycles.